The second-order valence-electron chi connectivity index (χ2n) is 5.48. The van der Waals surface area contributed by atoms with E-state index < -0.39 is 0 Å². The average molecular weight is 297 g/mol. The predicted molar refractivity (Wildman–Crippen MR) is 76.0 cm³/mol. The summed E-state index contributed by atoms with van der Waals surface area (Å²) in [7, 11) is 0. The fourth-order valence-electron chi connectivity index (χ4n) is 2.42. The second-order valence-corrected chi connectivity index (χ2v) is 6.33. The van der Waals surface area contributed by atoms with Gasteiger partial charge < -0.3 is 10.6 Å². The summed E-state index contributed by atoms with van der Waals surface area (Å²) in [6.45, 7) is 7.82. The molecule has 1 unspecified atom stereocenters. The Labute approximate surface area is 112 Å². The number of piperidine rings is 1. The van der Waals surface area contributed by atoms with Crippen LogP contribution in [0.25, 0.3) is 0 Å². The van der Waals surface area contributed by atoms with Gasteiger partial charge in [0.2, 0.25) is 0 Å². The molecule has 17 heavy (non-hydrogen) atoms. The van der Waals surface area contributed by atoms with Crippen molar-refractivity contribution < 1.29 is 0 Å². The third kappa shape index (κ3) is 3.30. The van der Waals surface area contributed by atoms with E-state index in [9.17, 15) is 0 Å². The molecule has 1 heterocycles. The van der Waals surface area contributed by atoms with Gasteiger partial charge in [-0.15, -0.1) is 0 Å². The summed E-state index contributed by atoms with van der Waals surface area (Å²) in [4.78, 5) is 0. The molecule has 1 fully saturated rings. The lowest BCUT2D eigenvalue weighted by Gasteiger charge is -2.39. The van der Waals surface area contributed by atoms with Gasteiger partial charge in [0, 0.05) is 23.6 Å². The van der Waals surface area contributed by atoms with Crippen LogP contribution >= 0.6 is 15.9 Å². The van der Waals surface area contributed by atoms with E-state index in [4.69, 9.17) is 0 Å². The Morgan fingerprint density at radius 2 is 2.18 bits per heavy atom. The number of hydrogen-bond acceptors (Lipinski definition) is 2. The molecule has 0 spiro atoms. The van der Waals surface area contributed by atoms with Crippen molar-refractivity contribution in [3.63, 3.8) is 0 Å². The first kappa shape index (κ1) is 13.1. The highest BCUT2D eigenvalue weighted by atomic mass is 79.9. The van der Waals surface area contributed by atoms with Gasteiger partial charge >= 0.3 is 0 Å². The van der Waals surface area contributed by atoms with Crippen molar-refractivity contribution in [3.8, 4) is 0 Å². The molecule has 1 aliphatic rings. The lowest BCUT2D eigenvalue weighted by molar-refractivity contribution is 0.184. The number of halogens is 1. The quantitative estimate of drug-likeness (QED) is 0.896. The van der Waals surface area contributed by atoms with Gasteiger partial charge in [0.1, 0.15) is 0 Å². The monoisotopic (exact) mass is 296 g/mol. The van der Waals surface area contributed by atoms with Crippen molar-refractivity contribution in [2.24, 2.45) is 5.41 Å². The first-order valence-electron chi connectivity index (χ1n) is 6.27. The summed E-state index contributed by atoms with van der Waals surface area (Å²) in [5, 5.41) is 7.16. The van der Waals surface area contributed by atoms with Crippen LogP contribution in [0.1, 0.15) is 25.8 Å². The van der Waals surface area contributed by atoms with Gasteiger partial charge in [-0.2, -0.15) is 0 Å². The highest BCUT2D eigenvalue weighted by Gasteiger charge is 2.31. The van der Waals surface area contributed by atoms with Crippen LogP contribution in [0.2, 0.25) is 0 Å². The van der Waals surface area contributed by atoms with Crippen LogP contribution in [-0.4, -0.2) is 19.1 Å². The average Bonchev–Trinajstić information content (AvgIpc) is 2.29. The van der Waals surface area contributed by atoms with Crippen LogP contribution in [0.4, 0.5) is 0 Å². The molecule has 1 aromatic rings. The molecule has 2 rings (SSSR count). The normalized spacial score (nSPS) is 23.6. The van der Waals surface area contributed by atoms with Crippen molar-refractivity contribution in [3.05, 3.63) is 34.3 Å². The summed E-state index contributed by atoms with van der Waals surface area (Å²) in [6, 6.07) is 9.02. The number of rotatable bonds is 3. The van der Waals surface area contributed by atoms with E-state index in [-0.39, 0.29) is 0 Å². The Morgan fingerprint density at radius 1 is 1.41 bits per heavy atom. The molecule has 1 aromatic carbocycles. The molecule has 0 saturated carbocycles. The lowest BCUT2D eigenvalue weighted by Crippen LogP contribution is -2.52. The van der Waals surface area contributed by atoms with Crippen molar-refractivity contribution in [1.29, 1.82) is 0 Å². The first-order chi connectivity index (χ1) is 8.09. The molecule has 94 valence electrons. The third-order valence-corrected chi connectivity index (χ3v) is 4.40. The zero-order valence-electron chi connectivity index (χ0n) is 10.6. The second kappa shape index (κ2) is 5.51. The van der Waals surface area contributed by atoms with E-state index in [0.717, 1.165) is 19.6 Å². The molecule has 0 amide bonds. The fourth-order valence-corrected chi connectivity index (χ4v) is 2.85. The van der Waals surface area contributed by atoms with Crippen molar-refractivity contribution in [1.82, 2.24) is 10.6 Å². The van der Waals surface area contributed by atoms with E-state index in [0.29, 0.717) is 11.5 Å². The van der Waals surface area contributed by atoms with Gasteiger partial charge in [-0.25, -0.2) is 0 Å². The minimum absolute atomic E-state index is 0.333. The SMILES string of the molecule is CC1(C)CNCCC1NCc1ccccc1Br. The molecule has 0 aliphatic carbocycles. The first-order valence-corrected chi connectivity index (χ1v) is 7.06. The zero-order chi connectivity index (χ0) is 12.3. The van der Waals surface area contributed by atoms with Crippen molar-refractivity contribution in [2.45, 2.75) is 32.9 Å². The van der Waals surface area contributed by atoms with E-state index in [2.05, 4.69) is 64.7 Å². The molecule has 1 aliphatic heterocycles. The Balaban J connectivity index is 1.96. The maximum Gasteiger partial charge on any atom is 0.0220 e. The Kier molecular flexibility index (Phi) is 4.23. The zero-order valence-corrected chi connectivity index (χ0v) is 12.2. The van der Waals surface area contributed by atoms with Gasteiger partial charge in [0.05, 0.1) is 0 Å². The molecule has 2 nitrogen and oxygen atoms in total. The van der Waals surface area contributed by atoms with Crippen LogP contribution in [0, 0.1) is 5.41 Å². The van der Waals surface area contributed by atoms with E-state index >= 15 is 0 Å². The Hall–Kier alpha value is -0.380. The van der Waals surface area contributed by atoms with E-state index in [1.807, 2.05) is 0 Å². The summed E-state index contributed by atoms with van der Waals surface area (Å²) < 4.78 is 1.19. The molecule has 0 bridgehead atoms. The molecule has 1 saturated heterocycles. The van der Waals surface area contributed by atoms with E-state index in [1.165, 1.54) is 16.5 Å². The number of nitrogens with one attached hydrogen (secondary N) is 2. The molecule has 2 N–H and O–H groups in total. The standard InChI is InChI=1S/C14H21BrN2/c1-14(2)10-16-8-7-13(14)17-9-11-5-3-4-6-12(11)15/h3-6,13,16-17H,7-10H2,1-2H3. The Bertz CT molecular complexity index is 376. The molecule has 0 radical (unpaired) electrons. The topological polar surface area (TPSA) is 24.1 Å². The minimum Gasteiger partial charge on any atom is -0.316 e. The maximum absolute atomic E-state index is 3.70. The lowest BCUT2D eigenvalue weighted by atomic mass is 9.80. The Morgan fingerprint density at radius 3 is 2.88 bits per heavy atom. The van der Waals surface area contributed by atoms with E-state index in [1.54, 1.807) is 0 Å². The fraction of sp³-hybridized carbons (Fsp3) is 0.571. The van der Waals surface area contributed by atoms with Gasteiger partial charge in [0.25, 0.3) is 0 Å². The van der Waals surface area contributed by atoms with Crippen LogP contribution in [0.3, 0.4) is 0 Å². The van der Waals surface area contributed by atoms with Gasteiger partial charge in [-0.3, -0.25) is 0 Å². The van der Waals surface area contributed by atoms with Crippen LogP contribution in [0.5, 0.6) is 0 Å². The summed E-state index contributed by atoms with van der Waals surface area (Å²) in [6.07, 6.45) is 1.21. The largest absolute Gasteiger partial charge is 0.316 e. The molecule has 3 heteroatoms. The maximum atomic E-state index is 3.70. The van der Waals surface area contributed by atoms with Crippen LogP contribution in [0.15, 0.2) is 28.7 Å². The van der Waals surface area contributed by atoms with Crippen LogP contribution < -0.4 is 10.6 Å². The van der Waals surface area contributed by atoms with Gasteiger partial charge in [0.15, 0.2) is 0 Å². The summed E-state index contributed by atoms with van der Waals surface area (Å²) in [5.74, 6) is 0. The summed E-state index contributed by atoms with van der Waals surface area (Å²) >= 11 is 3.60. The number of hydrogen-bond donors (Lipinski definition) is 2. The van der Waals surface area contributed by atoms with Crippen molar-refractivity contribution >= 4 is 15.9 Å². The summed E-state index contributed by atoms with van der Waals surface area (Å²) in [5.41, 5.74) is 1.67. The highest BCUT2D eigenvalue weighted by molar-refractivity contribution is 9.10. The molecular weight excluding hydrogens is 276 g/mol. The van der Waals surface area contributed by atoms with Gasteiger partial charge in [-0.1, -0.05) is 48.0 Å². The highest BCUT2D eigenvalue weighted by Crippen LogP contribution is 2.25. The third-order valence-electron chi connectivity index (χ3n) is 3.63. The van der Waals surface area contributed by atoms with Gasteiger partial charge in [-0.05, 0) is 30.0 Å². The molecular formula is C14H21BrN2. The van der Waals surface area contributed by atoms with Crippen molar-refractivity contribution in [2.75, 3.05) is 13.1 Å². The molecule has 1 atom stereocenters. The number of benzene rings is 1. The minimum atomic E-state index is 0.333. The molecule has 0 aromatic heterocycles. The van der Waals surface area contributed by atoms with Crippen LogP contribution in [-0.2, 0) is 6.54 Å². The predicted octanol–water partition coefficient (Wildman–Crippen LogP) is 2.93. The smallest absolute Gasteiger partial charge is 0.0220 e.